The zero-order chi connectivity index (χ0) is 12.6. The number of rotatable bonds is 6. The van der Waals surface area contributed by atoms with Crippen molar-refractivity contribution in [2.24, 2.45) is 0 Å². The zero-order valence-electron chi connectivity index (χ0n) is 10.5. The van der Waals surface area contributed by atoms with Crippen LogP contribution in [0.1, 0.15) is 13.3 Å². The van der Waals surface area contributed by atoms with E-state index in [0.29, 0.717) is 4.58 Å². The first-order chi connectivity index (χ1) is 8.88. The number of hydrogen-bond donors (Lipinski definition) is 0. The van der Waals surface area contributed by atoms with Crippen LogP contribution >= 0.6 is 23.5 Å². The summed E-state index contributed by atoms with van der Waals surface area (Å²) < 4.78 is 0.541. The van der Waals surface area contributed by atoms with Crippen molar-refractivity contribution in [3.8, 4) is 0 Å². The third-order valence-corrected chi connectivity index (χ3v) is 5.03. The van der Waals surface area contributed by atoms with Gasteiger partial charge in [-0.15, -0.1) is 23.5 Å². The van der Waals surface area contributed by atoms with Gasteiger partial charge in [0.1, 0.15) is 0 Å². The summed E-state index contributed by atoms with van der Waals surface area (Å²) in [7, 11) is 0. The lowest BCUT2D eigenvalue weighted by Gasteiger charge is -2.15. The molecule has 0 saturated carbocycles. The van der Waals surface area contributed by atoms with Crippen LogP contribution in [0.4, 0.5) is 0 Å². The fourth-order valence-electron chi connectivity index (χ4n) is 1.61. The van der Waals surface area contributed by atoms with E-state index in [4.69, 9.17) is 0 Å². The van der Waals surface area contributed by atoms with Crippen molar-refractivity contribution in [1.29, 1.82) is 0 Å². The van der Waals surface area contributed by atoms with Crippen LogP contribution in [0.3, 0.4) is 0 Å². The SMILES string of the molecule is C[CH]CC(Sc1ccccc1)Sc1ccccc1. The summed E-state index contributed by atoms with van der Waals surface area (Å²) in [4.78, 5) is 2.68. The van der Waals surface area contributed by atoms with Crippen LogP contribution in [0.5, 0.6) is 0 Å². The molecule has 93 valence electrons. The third kappa shape index (κ3) is 4.43. The molecule has 0 bridgehead atoms. The van der Waals surface area contributed by atoms with Gasteiger partial charge < -0.3 is 0 Å². The van der Waals surface area contributed by atoms with Crippen LogP contribution in [0.2, 0.25) is 0 Å². The fourth-order valence-corrected chi connectivity index (χ4v) is 4.29. The number of benzene rings is 2. The topological polar surface area (TPSA) is 0 Å². The van der Waals surface area contributed by atoms with Crippen LogP contribution in [0.25, 0.3) is 0 Å². The second kappa shape index (κ2) is 7.55. The maximum atomic E-state index is 2.25. The molecule has 0 unspecified atom stereocenters. The summed E-state index contributed by atoms with van der Waals surface area (Å²) >= 11 is 3.88. The molecular formula is C16H17S2. The average Bonchev–Trinajstić information content (AvgIpc) is 2.41. The normalized spacial score (nSPS) is 10.8. The largest absolute Gasteiger partial charge is 0.111 e. The van der Waals surface area contributed by atoms with Gasteiger partial charge in [-0.25, -0.2) is 0 Å². The Labute approximate surface area is 118 Å². The van der Waals surface area contributed by atoms with Gasteiger partial charge in [0.05, 0.1) is 4.58 Å². The van der Waals surface area contributed by atoms with Crippen molar-refractivity contribution in [3.05, 3.63) is 67.1 Å². The van der Waals surface area contributed by atoms with Crippen molar-refractivity contribution in [1.82, 2.24) is 0 Å². The minimum Gasteiger partial charge on any atom is -0.111 e. The molecule has 0 N–H and O–H groups in total. The molecule has 0 amide bonds. The summed E-state index contributed by atoms with van der Waals surface area (Å²) in [6.07, 6.45) is 3.36. The first-order valence-corrected chi connectivity index (χ1v) is 7.85. The van der Waals surface area contributed by atoms with Gasteiger partial charge in [-0.05, 0) is 37.1 Å². The number of thioether (sulfide) groups is 2. The Morgan fingerprint density at radius 3 is 1.67 bits per heavy atom. The van der Waals surface area contributed by atoms with Crippen molar-refractivity contribution in [2.45, 2.75) is 27.7 Å². The molecule has 18 heavy (non-hydrogen) atoms. The van der Waals surface area contributed by atoms with Crippen LogP contribution in [-0.4, -0.2) is 4.58 Å². The molecule has 0 spiro atoms. The van der Waals surface area contributed by atoms with E-state index in [2.05, 4.69) is 74.0 Å². The molecule has 0 aliphatic rings. The lowest BCUT2D eigenvalue weighted by Crippen LogP contribution is -1.96. The quantitative estimate of drug-likeness (QED) is 0.502. The molecule has 0 atom stereocenters. The van der Waals surface area contributed by atoms with Gasteiger partial charge in [-0.2, -0.15) is 0 Å². The highest BCUT2D eigenvalue weighted by Gasteiger charge is 2.11. The first-order valence-electron chi connectivity index (χ1n) is 6.09. The molecule has 2 heteroatoms. The summed E-state index contributed by atoms with van der Waals surface area (Å²) in [6, 6.07) is 21.2. The Morgan fingerprint density at radius 2 is 1.28 bits per heavy atom. The standard InChI is InChI=1S/C16H17S2/c1-2-9-16(17-14-10-5-3-6-11-14)18-15-12-7-4-8-13-15/h2-8,10-13,16H,9H2,1H3. The fraction of sp³-hybridized carbons (Fsp3) is 0.188. The van der Waals surface area contributed by atoms with Crippen LogP contribution < -0.4 is 0 Å². The molecule has 2 aromatic carbocycles. The maximum absolute atomic E-state index is 2.25. The van der Waals surface area contributed by atoms with E-state index < -0.39 is 0 Å². The molecule has 0 saturated heterocycles. The molecule has 0 aromatic heterocycles. The summed E-state index contributed by atoms with van der Waals surface area (Å²) in [5, 5.41) is 0. The first kappa shape index (κ1) is 13.6. The minimum atomic E-state index is 0.541. The van der Waals surface area contributed by atoms with E-state index >= 15 is 0 Å². The molecule has 0 aliphatic heterocycles. The van der Waals surface area contributed by atoms with E-state index in [1.165, 1.54) is 9.79 Å². The molecule has 1 radical (unpaired) electrons. The number of hydrogen-bond acceptors (Lipinski definition) is 2. The molecule has 0 fully saturated rings. The minimum absolute atomic E-state index is 0.541. The smallest absolute Gasteiger partial charge is 0.0599 e. The van der Waals surface area contributed by atoms with E-state index in [1.54, 1.807) is 0 Å². The van der Waals surface area contributed by atoms with E-state index in [1.807, 2.05) is 23.5 Å². The van der Waals surface area contributed by atoms with Gasteiger partial charge >= 0.3 is 0 Å². The Bertz CT molecular complexity index is 398. The molecule has 0 nitrogen and oxygen atoms in total. The maximum Gasteiger partial charge on any atom is 0.0599 e. The van der Waals surface area contributed by atoms with Gasteiger partial charge in [0.15, 0.2) is 0 Å². The zero-order valence-corrected chi connectivity index (χ0v) is 12.1. The van der Waals surface area contributed by atoms with Crippen molar-refractivity contribution >= 4 is 23.5 Å². The highest BCUT2D eigenvalue weighted by atomic mass is 32.2. The predicted molar refractivity (Wildman–Crippen MR) is 83.0 cm³/mol. The molecule has 2 rings (SSSR count). The monoisotopic (exact) mass is 273 g/mol. The molecule has 0 aliphatic carbocycles. The Morgan fingerprint density at radius 1 is 0.833 bits per heavy atom. The Balaban J connectivity index is 2.00. The van der Waals surface area contributed by atoms with Crippen LogP contribution in [-0.2, 0) is 0 Å². The summed E-state index contributed by atoms with van der Waals surface area (Å²) in [6.45, 7) is 2.13. The van der Waals surface area contributed by atoms with Gasteiger partial charge in [0, 0.05) is 9.79 Å². The summed E-state index contributed by atoms with van der Waals surface area (Å²) in [5.74, 6) is 0. The van der Waals surface area contributed by atoms with Crippen molar-refractivity contribution < 1.29 is 0 Å². The predicted octanol–water partition coefficient (Wildman–Crippen LogP) is 5.51. The lowest BCUT2D eigenvalue weighted by atomic mass is 10.4. The highest BCUT2D eigenvalue weighted by molar-refractivity contribution is 8.17. The van der Waals surface area contributed by atoms with Gasteiger partial charge in [0.25, 0.3) is 0 Å². The molecule has 2 aromatic rings. The van der Waals surface area contributed by atoms with E-state index in [9.17, 15) is 0 Å². The second-order valence-corrected chi connectivity index (χ2v) is 6.79. The van der Waals surface area contributed by atoms with Crippen molar-refractivity contribution in [3.63, 3.8) is 0 Å². The molecular weight excluding hydrogens is 256 g/mol. The van der Waals surface area contributed by atoms with Crippen molar-refractivity contribution in [2.75, 3.05) is 0 Å². The van der Waals surface area contributed by atoms with Gasteiger partial charge in [0.2, 0.25) is 0 Å². The average molecular weight is 273 g/mol. The highest BCUT2D eigenvalue weighted by Crippen LogP contribution is 2.37. The van der Waals surface area contributed by atoms with E-state index in [-0.39, 0.29) is 0 Å². The van der Waals surface area contributed by atoms with Crippen LogP contribution in [0, 0.1) is 6.42 Å². The Kier molecular flexibility index (Phi) is 5.69. The Hall–Kier alpha value is -0.860. The van der Waals surface area contributed by atoms with E-state index in [0.717, 1.165) is 6.42 Å². The molecule has 0 heterocycles. The van der Waals surface area contributed by atoms with Gasteiger partial charge in [-0.3, -0.25) is 0 Å². The lowest BCUT2D eigenvalue weighted by molar-refractivity contribution is 1.06. The van der Waals surface area contributed by atoms with Gasteiger partial charge in [-0.1, -0.05) is 43.3 Å². The third-order valence-electron chi connectivity index (χ3n) is 2.45. The second-order valence-electron chi connectivity index (χ2n) is 3.94. The summed E-state index contributed by atoms with van der Waals surface area (Å²) in [5.41, 5.74) is 0. The van der Waals surface area contributed by atoms with Crippen LogP contribution in [0.15, 0.2) is 70.5 Å².